The predicted molar refractivity (Wildman–Crippen MR) is 89.6 cm³/mol. The molecule has 1 amide bonds. The second-order valence-corrected chi connectivity index (χ2v) is 6.95. The number of carbonyl (C=O) groups excluding carboxylic acids is 1. The smallest absolute Gasteiger partial charge is 0.219 e. The van der Waals surface area contributed by atoms with Crippen molar-refractivity contribution in [3.63, 3.8) is 0 Å². The summed E-state index contributed by atoms with van der Waals surface area (Å²) in [7, 11) is 1.70. The predicted octanol–water partition coefficient (Wildman–Crippen LogP) is 3.05. The highest BCUT2D eigenvalue weighted by atomic mass is 16.5. The quantitative estimate of drug-likeness (QED) is 0.860. The molecule has 0 N–H and O–H groups in total. The fraction of sp³-hybridized carbons (Fsp3) is 0.632. The molecule has 126 valence electrons. The first kappa shape index (κ1) is 16.3. The van der Waals surface area contributed by atoms with Crippen LogP contribution in [0, 0.1) is 5.92 Å². The number of piperidine rings is 1. The van der Waals surface area contributed by atoms with Crippen LogP contribution in [0.3, 0.4) is 0 Å². The number of carbonyl (C=O) groups is 1. The van der Waals surface area contributed by atoms with E-state index in [1.54, 1.807) is 14.0 Å². The number of nitrogens with zero attached hydrogens (tertiary/aromatic N) is 1. The van der Waals surface area contributed by atoms with Gasteiger partial charge in [-0.3, -0.25) is 4.79 Å². The van der Waals surface area contributed by atoms with Crippen molar-refractivity contribution < 1.29 is 14.3 Å². The van der Waals surface area contributed by atoms with Gasteiger partial charge in [0.05, 0.1) is 12.7 Å². The number of ether oxygens (including phenoxy) is 2. The Balaban J connectivity index is 1.58. The summed E-state index contributed by atoms with van der Waals surface area (Å²) in [6.45, 7) is 4.18. The van der Waals surface area contributed by atoms with Gasteiger partial charge in [0, 0.05) is 26.6 Å². The Labute approximate surface area is 138 Å². The standard InChI is InChI=1S/C19H27NO3/c1-15(21)20-10-8-19(9-11-20)14-17(7-12-23-19)13-16-3-5-18(22-2)6-4-16/h3-6,17H,7-14H2,1-2H3. The average molecular weight is 317 g/mol. The normalized spacial score (nSPS) is 23.7. The van der Waals surface area contributed by atoms with Gasteiger partial charge in [-0.05, 0) is 55.7 Å². The molecule has 0 bridgehead atoms. The van der Waals surface area contributed by atoms with E-state index in [2.05, 4.69) is 12.1 Å². The molecule has 1 atom stereocenters. The van der Waals surface area contributed by atoms with Gasteiger partial charge in [-0.2, -0.15) is 0 Å². The Bertz CT molecular complexity index is 532. The van der Waals surface area contributed by atoms with E-state index in [9.17, 15) is 4.79 Å². The van der Waals surface area contributed by atoms with Crippen LogP contribution < -0.4 is 4.74 Å². The maximum absolute atomic E-state index is 11.5. The van der Waals surface area contributed by atoms with Crippen molar-refractivity contribution in [3.8, 4) is 5.75 Å². The fourth-order valence-electron chi connectivity index (χ4n) is 3.98. The topological polar surface area (TPSA) is 38.8 Å². The van der Waals surface area contributed by atoms with Crippen LogP contribution >= 0.6 is 0 Å². The Morgan fingerprint density at radius 1 is 1.30 bits per heavy atom. The number of hydrogen-bond acceptors (Lipinski definition) is 3. The highest BCUT2D eigenvalue weighted by Gasteiger charge is 2.40. The third-order valence-electron chi connectivity index (χ3n) is 5.40. The summed E-state index contributed by atoms with van der Waals surface area (Å²) < 4.78 is 11.4. The second-order valence-electron chi connectivity index (χ2n) is 6.95. The van der Waals surface area contributed by atoms with E-state index in [4.69, 9.17) is 9.47 Å². The molecular formula is C19H27NO3. The summed E-state index contributed by atoms with van der Waals surface area (Å²) in [5.41, 5.74) is 1.37. The van der Waals surface area contributed by atoms with E-state index in [0.29, 0.717) is 5.92 Å². The molecule has 0 aliphatic carbocycles. The van der Waals surface area contributed by atoms with Gasteiger partial charge in [-0.15, -0.1) is 0 Å². The van der Waals surface area contributed by atoms with Crippen molar-refractivity contribution in [2.45, 2.75) is 44.6 Å². The van der Waals surface area contributed by atoms with Crippen LogP contribution in [-0.4, -0.2) is 43.2 Å². The van der Waals surface area contributed by atoms with Gasteiger partial charge in [0.2, 0.25) is 5.91 Å². The summed E-state index contributed by atoms with van der Waals surface area (Å²) in [6, 6.07) is 8.41. The molecule has 1 unspecified atom stereocenters. The van der Waals surface area contributed by atoms with Crippen molar-refractivity contribution in [2.24, 2.45) is 5.92 Å². The Hall–Kier alpha value is -1.55. The zero-order valence-electron chi connectivity index (χ0n) is 14.2. The maximum Gasteiger partial charge on any atom is 0.219 e. The van der Waals surface area contributed by atoms with Crippen molar-refractivity contribution in [1.29, 1.82) is 0 Å². The highest BCUT2D eigenvalue weighted by molar-refractivity contribution is 5.73. The molecule has 4 nitrogen and oxygen atoms in total. The molecule has 2 fully saturated rings. The Morgan fingerprint density at radius 2 is 2.00 bits per heavy atom. The number of likely N-dealkylation sites (tertiary alicyclic amines) is 1. The fourth-order valence-corrected chi connectivity index (χ4v) is 3.98. The zero-order valence-corrected chi connectivity index (χ0v) is 14.2. The molecule has 2 aliphatic rings. The van der Waals surface area contributed by atoms with E-state index >= 15 is 0 Å². The monoisotopic (exact) mass is 317 g/mol. The zero-order chi connectivity index (χ0) is 16.3. The van der Waals surface area contributed by atoms with Crippen LogP contribution in [0.2, 0.25) is 0 Å². The third-order valence-corrected chi connectivity index (χ3v) is 5.40. The third kappa shape index (κ3) is 3.86. The lowest BCUT2D eigenvalue weighted by molar-refractivity contribution is -0.145. The number of rotatable bonds is 3. The van der Waals surface area contributed by atoms with E-state index in [0.717, 1.165) is 57.6 Å². The first-order chi connectivity index (χ1) is 11.1. The molecular weight excluding hydrogens is 290 g/mol. The molecule has 0 saturated carbocycles. The first-order valence-corrected chi connectivity index (χ1v) is 8.63. The van der Waals surface area contributed by atoms with Gasteiger partial charge in [-0.1, -0.05) is 12.1 Å². The SMILES string of the molecule is COc1ccc(CC2CCOC3(CCN(C(C)=O)CC3)C2)cc1. The van der Waals surface area contributed by atoms with Crippen LogP contribution in [0.15, 0.2) is 24.3 Å². The van der Waals surface area contributed by atoms with Crippen molar-refractivity contribution in [2.75, 3.05) is 26.8 Å². The van der Waals surface area contributed by atoms with Gasteiger partial charge in [-0.25, -0.2) is 0 Å². The summed E-state index contributed by atoms with van der Waals surface area (Å²) >= 11 is 0. The van der Waals surface area contributed by atoms with Gasteiger partial charge in [0.15, 0.2) is 0 Å². The second kappa shape index (κ2) is 6.91. The summed E-state index contributed by atoms with van der Waals surface area (Å²) in [5.74, 6) is 1.76. The van der Waals surface area contributed by atoms with E-state index in [1.165, 1.54) is 5.56 Å². The molecule has 2 heterocycles. The van der Waals surface area contributed by atoms with Crippen LogP contribution in [0.4, 0.5) is 0 Å². The number of benzene rings is 1. The largest absolute Gasteiger partial charge is 0.497 e. The minimum absolute atomic E-state index is 0.00133. The molecule has 2 saturated heterocycles. The van der Waals surface area contributed by atoms with Crippen LogP contribution in [-0.2, 0) is 16.0 Å². The molecule has 1 aromatic carbocycles. The lowest BCUT2D eigenvalue weighted by Crippen LogP contribution is -2.50. The molecule has 0 radical (unpaired) electrons. The minimum Gasteiger partial charge on any atom is -0.497 e. The van der Waals surface area contributed by atoms with Gasteiger partial charge >= 0.3 is 0 Å². The summed E-state index contributed by atoms with van der Waals surface area (Å²) in [4.78, 5) is 13.4. The van der Waals surface area contributed by atoms with Crippen molar-refractivity contribution in [3.05, 3.63) is 29.8 Å². The maximum atomic E-state index is 11.5. The molecule has 2 aliphatic heterocycles. The van der Waals surface area contributed by atoms with Gasteiger partial charge < -0.3 is 14.4 Å². The Morgan fingerprint density at radius 3 is 2.61 bits per heavy atom. The number of hydrogen-bond donors (Lipinski definition) is 0. The van der Waals surface area contributed by atoms with Crippen LogP contribution in [0.5, 0.6) is 5.75 Å². The molecule has 4 heteroatoms. The molecule has 3 rings (SSSR count). The Kier molecular flexibility index (Phi) is 4.90. The van der Waals surface area contributed by atoms with Crippen LogP contribution in [0.25, 0.3) is 0 Å². The summed E-state index contributed by atoms with van der Waals surface area (Å²) in [6.07, 6.45) is 5.30. The molecule has 1 spiro atoms. The minimum atomic E-state index is 0.00133. The number of methoxy groups -OCH3 is 1. The highest BCUT2D eigenvalue weighted by Crippen LogP contribution is 2.38. The molecule has 1 aromatic rings. The van der Waals surface area contributed by atoms with E-state index in [-0.39, 0.29) is 11.5 Å². The van der Waals surface area contributed by atoms with Crippen LogP contribution in [0.1, 0.15) is 38.2 Å². The first-order valence-electron chi connectivity index (χ1n) is 8.63. The van der Waals surface area contributed by atoms with Crippen molar-refractivity contribution in [1.82, 2.24) is 4.90 Å². The van der Waals surface area contributed by atoms with Gasteiger partial charge in [0.25, 0.3) is 0 Å². The molecule has 0 aromatic heterocycles. The summed E-state index contributed by atoms with van der Waals surface area (Å²) in [5, 5.41) is 0. The average Bonchev–Trinajstić information content (AvgIpc) is 2.56. The van der Waals surface area contributed by atoms with Crippen molar-refractivity contribution >= 4 is 5.91 Å². The number of amides is 1. The van der Waals surface area contributed by atoms with E-state index < -0.39 is 0 Å². The van der Waals surface area contributed by atoms with E-state index in [1.807, 2.05) is 17.0 Å². The molecule has 23 heavy (non-hydrogen) atoms. The lowest BCUT2D eigenvalue weighted by Gasteiger charge is -2.46. The lowest BCUT2D eigenvalue weighted by atomic mass is 9.77. The van der Waals surface area contributed by atoms with Gasteiger partial charge in [0.1, 0.15) is 5.75 Å².